The highest BCUT2D eigenvalue weighted by molar-refractivity contribution is 5.90. The summed E-state index contributed by atoms with van der Waals surface area (Å²) in [6.07, 6.45) is 3.74. The van der Waals surface area contributed by atoms with Crippen LogP contribution in [0.25, 0.3) is 0 Å². The maximum Gasteiger partial charge on any atom is 0.0998 e. The zero-order chi connectivity index (χ0) is 11.8. The zero-order valence-corrected chi connectivity index (χ0v) is 10.7. The van der Waals surface area contributed by atoms with Crippen molar-refractivity contribution in [2.45, 2.75) is 45.2 Å². The average molecular weight is 234 g/mol. The lowest BCUT2D eigenvalue weighted by molar-refractivity contribution is 0.642. The van der Waals surface area contributed by atoms with Crippen molar-refractivity contribution < 1.29 is 0 Å². The first-order chi connectivity index (χ1) is 8.22. The molecule has 2 N–H and O–H groups in total. The van der Waals surface area contributed by atoms with Crippen LogP contribution in [-0.4, -0.2) is 36.8 Å². The molecular weight excluding hydrogens is 212 g/mol. The van der Waals surface area contributed by atoms with Crippen LogP contribution in [0.2, 0.25) is 0 Å². The third kappa shape index (κ3) is 2.17. The topological polar surface area (TPSA) is 48.8 Å². The van der Waals surface area contributed by atoms with Crippen LogP contribution < -0.4 is 10.6 Å². The normalized spacial score (nSPS) is 40.8. The second-order valence-electron chi connectivity index (χ2n) is 5.75. The van der Waals surface area contributed by atoms with E-state index in [1.54, 1.807) is 0 Å². The Bertz CT molecular complexity index is 326. The van der Waals surface area contributed by atoms with Crippen LogP contribution in [0.3, 0.4) is 0 Å². The molecular formula is C13H22N4. The third-order valence-corrected chi connectivity index (χ3v) is 4.07. The van der Waals surface area contributed by atoms with Gasteiger partial charge in [0.1, 0.15) is 0 Å². The molecule has 2 aliphatic heterocycles. The van der Waals surface area contributed by atoms with Crippen LogP contribution in [0, 0.1) is 11.8 Å². The minimum Gasteiger partial charge on any atom is -0.369 e. The molecule has 4 unspecified atom stereocenters. The number of hydrogen-bond donors (Lipinski definition) is 2. The largest absolute Gasteiger partial charge is 0.369 e. The summed E-state index contributed by atoms with van der Waals surface area (Å²) in [5.74, 6) is 3.80. The molecule has 94 valence electrons. The van der Waals surface area contributed by atoms with E-state index in [1.807, 2.05) is 0 Å². The van der Waals surface area contributed by atoms with Crippen molar-refractivity contribution in [3.8, 4) is 0 Å². The Morgan fingerprint density at radius 1 is 0.882 bits per heavy atom. The summed E-state index contributed by atoms with van der Waals surface area (Å²) in [5.41, 5.74) is 0. The van der Waals surface area contributed by atoms with E-state index in [-0.39, 0.29) is 0 Å². The van der Waals surface area contributed by atoms with Gasteiger partial charge in [-0.3, -0.25) is 9.98 Å². The lowest BCUT2D eigenvalue weighted by Crippen LogP contribution is -2.33. The van der Waals surface area contributed by atoms with Gasteiger partial charge >= 0.3 is 0 Å². The van der Waals surface area contributed by atoms with E-state index in [4.69, 9.17) is 0 Å². The number of aliphatic imine (C=N–C) groups is 2. The molecule has 4 nitrogen and oxygen atoms in total. The first kappa shape index (κ1) is 11.1. The molecule has 1 aliphatic carbocycles. The zero-order valence-electron chi connectivity index (χ0n) is 10.7. The molecule has 0 aromatic carbocycles. The predicted molar refractivity (Wildman–Crippen MR) is 70.6 cm³/mol. The fourth-order valence-electron chi connectivity index (χ4n) is 3.13. The molecule has 1 saturated carbocycles. The van der Waals surface area contributed by atoms with Crippen molar-refractivity contribution in [1.82, 2.24) is 10.6 Å². The summed E-state index contributed by atoms with van der Waals surface area (Å²) >= 11 is 0. The highest BCUT2D eigenvalue weighted by atomic mass is 15.1. The van der Waals surface area contributed by atoms with E-state index < -0.39 is 0 Å². The summed E-state index contributed by atoms with van der Waals surface area (Å²) < 4.78 is 0. The summed E-state index contributed by atoms with van der Waals surface area (Å²) in [5, 5.41) is 7.01. The number of hydrogen-bond acceptors (Lipinski definition) is 4. The van der Waals surface area contributed by atoms with E-state index >= 15 is 0 Å². The highest BCUT2D eigenvalue weighted by Gasteiger charge is 2.34. The summed E-state index contributed by atoms with van der Waals surface area (Å²) in [6.45, 7) is 6.31. The van der Waals surface area contributed by atoms with Gasteiger partial charge in [0.15, 0.2) is 0 Å². The number of nitrogens with zero attached hydrogens (tertiary/aromatic N) is 2. The predicted octanol–water partition coefficient (Wildman–Crippen LogP) is 1.18. The SMILES string of the molecule is CC1CN=C(C2CCC(C3=NCC(C)N3)C2)N1. The molecule has 4 atom stereocenters. The van der Waals surface area contributed by atoms with Crippen LogP contribution in [0.5, 0.6) is 0 Å². The van der Waals surface area contributed by atoms with Gasteiger partial charge in [-0.1, -0.05) is 0 Å². The maximum absolute atomic E-state index is 4.62. The standard InChI is InChI=1S/C13H22N4/c1-8-6-14-12(16-8)10-3-4-11(5-10)13-15-7-9(2)17-13/h8-11H,3-7H2,1-2H3,(H,14,16)(H,15,17). The van der Waals surface area contributed by atoms with E-state index in [9.17, 15) is 0 Å². The lowest BCUT2D eigenvalue weighted by atomic mass is 10.0. The van der Waals surface area contributed by atoms with Gasteiger partial charge in [0.25, 0.3) is 0 Å². The molecule has 0 radical (unpaired) electrons. The Kier molecular flexibility index (Phi) is 2.81. The molecule has 0 aromatic rings. The first-order valence-corrected chi connectivity index (χ1v) is 6.84. The molecule has 3 aliphatic rings. The summed E-state index contributed by atoms with van der Waals surface area (Å²) in [7, 11) is 0. The van der Waals surface area contributed by atoms with Crippen molar-refractivity contribution in [3.05, 3.63) is 0 Å². The molecule has 17 heavy (non-hydrogen) atoms. The van der Waals surface area contributed by atoms with E-state index in [0.29, 0.717) is 23.9 Å². The number of amidine groups is 2. The van der Waals surface area contributed by atoms with E-state index in [2.05, 4.69) is 34.5 Å². The highest BCUT2D eigenvalue weighted by Crippen LogP contribution is 2.33. The maximum atomic E-state index is 4.62. The molecule has 0 saturated heterocycles. The van der Waals surface area contributed by atoms with Crippen molar-refractivity contribution in [2.24, 2.45) is 21.8 Å². The Balaban J connectivity index is 1.59. The minimum absolute atomic E-state index is 0.533. The number of nitrogens with one attached hydrogen (secondary N) is 2. The fraction of sp³-hybridized carbons (Fsp3) is 0.846. The molecule has 2 heterocycles. The second kappa shape index (κ2) is 4.31. The Morgan fingerprint density at radius 3 is 1.71 bits per heavy atom. The van der Waals surface area contributed by atoms with Gasteiger partial charge in [0.2, 0.25) is 0 Å². The fourth-order valence-corrected chi connectivity index (χ4v) is 3.13. The molecule has 1 fully saturated rings. The van der Waals surface area contributed by atoms with Crippen molar-refractivity contribution in [1.29, 1.82) is 0 Å². The molecule has 0 bridgehead atoms. The van der Waals surface area contributed by atoms with Crippen molar-refractivity contribution in [2.75, 3.05) is 13.1 Å². The lowest BCUT2D eigenvalue weighted by Gasteiger charge is -2.14. The summed E-state index contributed by atoms with van der Waals surface area (Å²) in [6, 6.07) is 1.07. The van der Waals surface area contributed by atoms with Crippen LogP contribution in [0.1, 0.15) is 33.1 Å². The van der Waals surface area contributed by atoms with Gasteiger partial charge in [-0.15, -0.1) is 0 Å². The van der Waals surface area contributed by atoms with Crippen LogP contribution >= 0.6 is 0 Å². The van der Waals surface area contributed by atoms with Gasteiger partial charge in [-0.05, 0) is 33.1 Å². The van der Waals surface area contributed by atoms with Gasteiger partial charge in [-0.25, -0.2) is 0 Å². The van der Waals surface area contributed by atoms with Gasteiger partial charge < -0.3 is 10.6 Å². The smallest absolute Gasteiger partial charge is 0.0998 e. The quantitative estimate of drug-likeness (QED) is 0.754. The van der Waals surface area contributed by atoms with Gasteiger partial charge in [-0.2, -0.15) is 0 Å². The van der Waals surface area contributed by atoms with Crippen molar-refractivity contribution >= 4 is 11.7 Å². The number of rotatable bonds is 2. The van der Waals surface area contributed by atoms with Crippen molar-refractivity contribution in [3.63, 3.8) is 0 Å². The third-order valence-electron chi connectivity index (χ3n) is 4.07. The van der Waals surface area contributed by atoms with Crippen LogP contribution in [0.4, 0.5) is 0 Å². The first-order valence-electron chi connectivity index (χ1n) is 6.84. The Labute approximate surface area is 103 Å². The minimum atomic E-state index is 0.533. The van der Waals surface area contributed by atoms with Crippen LogP contribution in [-0.2, 0) is 0 Å². The van der Waals surface area contributed by atoms with E-state index in [1.165, 1.54) is 30.9 Å². The Morgan fingerprint density at radius 2 is 1.35 bits per heavy atom. The monoisotopic (exact) mass is 234 g/mol. The molecule has 0 spiro atoms. The summed E-state index contributed by atoms with van der Waals surface area (Å²) in [4.78, 5) is 9.24. The molecule has 0 aromatic heterocycles. The van der Waals surface area contributed by atoms with Crippen LogP contribution in [0.15, 0.2) is 9.98 Å². The van der Waals surface area contributed by atoms with Gasteiger partial charge in [0, 0.05) is 23.9 Å². The Hall–Kier alpha value is -1.06. The molecule has 4 heteroatoms. The van der Waals surface area contributed by atoms with Gasteiger partial charge in [0.05, 0.1) is 24.8 Å². The molecule has 3 rings (SSSR count). The molecule has 0 amide bonds. The average Bonchev–Trinajstić information content (AvgIpc) is 2.96. The second-order valence-corrected chi connectivity index (χ2v) is 5.75. The van der Waals surface area contributed by atoms with E-state index in [0.717, 1.165) is 13.1 Å².